The molecule has 5 nitrogen and oxygen atoms in total. The molecule has 132 valence electrons. The summed E-state index contributed by atoms with van der Waals surface area (Å²) in [6.45, 7) is 4.55. The number of para-hydroxylation sites is 1. The molecule has 0 heterocycles. The molecule has 0 saturated carbocycles. The Balaban J connectivity index is 2.62. The number of amides is 1. The van der Waals surface area contributed by atoms with Gasteiger partial charge in [-0.05, 0) is 45.4 Å². The Morgan fingerprint density at radius 2 is 1.52 bits per heavy atom. The summed E-state index contributed by atoms with van der Waals surface area (Å²) in [5, 5.41) is 10.0. The Labute approximate surface area is 149 Å². The van der Waals surface area contributed by atoms with E-state index in [1.165, 1.54) is 6.92 Å². The number of anilines is 1. The Morgan fingerprint density at radius 3 is 2.00 bits per heavy atom. The lowest BCUT2D eigenvalue weighted by atomic mass is 9.89. The van der Waals surface area contributed by atoms with E-state index in [0.717, 1.165) is 4.90 Å². The zero-order valence-corrected chi connectivity index (χ0v) is 14.6. The molecule has 5 heteroatoms. The topological polar surface area (TPSA) is 66.8 Å². The number of hydrogen-bond donors (Lipinski definition) is 1. The molecule has 2 rings (SSSR count). The standard InChI is InChI=1S/C20H23NO4/c1-19(2,3)25-18(24)21(16-13-9-6-10-14-16)20(4,17(22)23)15-11-7-5-8-12-15/h5-14H,1-4H3,(H,22,23)/t20-/m1/s1/i1D. The highest BCUT2D eigenvalue weighted by atomic mass is 16.6. The highest BCUT2D eigenvalue weighted by molar-refractivity contribution is 5.98. The quantitative estimate of drug-likeness (QED) is 0.892. The summed E-state index contributed by atoms with van der Waals surface area (Å²) < 4.78 is 13.0. The van der Waals surface area contributed by atoms with Crippen LogP contribution in [0.25, 0.3) is 0 Å². The second-order valence-corrected chi connectivity index (χ2v) is 6.54. The molecule has 0 spiro atoms. The summed E-state index contributed by atoms with van der Waals surface area (Å²) in [6, 6.07) is 17.1. The molecule has 1 N–H and O–H groups in total. The average Bonchev–Trinajstić information content (AvgIpc) is 2.62. The van der Waals surface area contributed by atoms with E-state index >= 15 is 0 Å². The molecule has 2 aromatic carbocycles. The predicted molar refractivity (Wildman–Crippen MR) is 96.6 cm³/mol. The minimum atomic E-state index is -1.68. The van der Waals surface area contributed by atoms with Gasteiger partial charge in [-0.25, -0.2) is 9.59 Å². The van der Waals surface area contributed by atoms with Gasteiger partial charge in [0.1, 0.15) is 5.60 Å². The van der Waals surface area contributed by atoms with Crippen molar-refractivity contribution in [2.24, 2.45) is 0 Å². The number of carbonyl (C=O) groups excluding carboxylic acids is 1. The molecule has 0 aliphatic carbocycles. The second-order valence-electron chi connectivity index (χ2n) is 6.54. The molecular weight excluding hydrogens is 318 g/mol. The fourth-order valence-electron chi connectivity index (χ4n) is 2.52. The number of hydrogen-bond acceptors (Lipinski definition) is 3. The van der Waals surface area contributed by atoms with E-state index in [-0.39, 0.29) is 6.90 Å². The predicted octanol–water partition coefficient (Wildman–Crippen LogP) is 4.43. The van der Waals surface area contributed by atoms with Crippen molar-refractivity contribution in [3.05, 3.63) is 66.2 Å². The van der Waals surface area contributed by atoms with Crippen LogP contribution in [0.2, 0.25) is 0 Å². The van der Waals surface area contributed by atoms with Crippen LogP contribution in [0.1, 0.15) is 34.6 Å². The van der Waals surface area contributed by atoms with Crippen molar-refractivity contribution in [1.82, 2.24) is 0 Å². The van der Waals surface area contributed by atoms with E-state index in [9.17, 15) is 14.7 Å². The van der Waals surface area contributed by atoms with E-state index in [4.69, 9.17) is 6.11 Å². The van der Waals surface area contributed by atoms with Crippen LogP contribution in [0.5, 0.6) is 0 Å². The Morgan fingerprint density at radius 1 is 1.00 bits per heavy atom. The summed E-state index contributed by atoms with van der Waals surface area (Å²) in [5.74, 6) is -1.19. The van der Waals surface area contributed by atoms with Gasteiger partial charge in [-0.1, -0.05) is 48.5 Å². The lowest BCUT2D eigenvalue weighted by molar-refractivity contribution is -0.143. The molecule has 0 aromatic heterocycles. The number of carbonyl (C=O) groups is 2. The van der Waals surface area contributed by atoms with Crippen molar-refractivity contribution in [3.8, 4) is 0 Å². The minimum absolute atomic E-state index is 0.142. The van der Waals surface area contributed by atoms with Crippen molar-refractivity contribution < 1.29 is 20.8 Å². The van der Waals surface area contributed by atoms with Crippen LogP contribution in [0, 0.1) is 0 Å². The molecule has 25 heavy (non-hydrogen) atoms. The summed E-state index contributed by atoms with van der Waals surface area (Å²) in [6.07, 6.45) is -0.817. The largest absolute Gasteiger partial charge is 0.479 e. The third-order valence-corrected chi connectivity index (χ3v) is 3.76. The third kappa shape index (κ3) is 3.99. The van der Waals surface area contributed by atoms with Crippen molar-refractivity contribution >= 4 is 17.7 Å². The molecule has 2 aromatic rings. The van der Waals surface area contributed by atoms with Gasteiger partial charge in [0.15, 0.2) is 5.54 Å². The van der Waals surface area contributed by atoms with Gasteiger partial charge < -0.3 is 9.84 Å². The lowest BCUT2D eigenvalue weighted by Crippen LogP contribution is -2.54. The lowest BCUT2D eigenvalue weighted by Gasteiger charge is -2.39. The van der Waals surface area contributed by atoms with Gasteiger partial charge in [0.05, 0.1) is 0 Å². The SMILES string of the molecule is [2H]CC(C)(C)OC(=O)N(c1ccccc1)[C@@](C)(C(=O)O)c1ccccc1. The van der Waals surface area contributed by atoms with Gasteiger partial charge in [0.2, 0.25) is 0 Å². The Bertz CT molecular complexity index is 764. The van der Waals surface area contributed by atoms with E-state index < -0.39 is 23.2 Å². The number of carboxylic acid groups (broad SMARTS) is 1. The first-order valence-corrected chi connectivity index (χ1v) is 7.89. The molecule has 0 aliphatic rings. The molecule has 0 saturated heterocycles. The van der Waals surface area contributed by atoms with E-state index in [1.807, 2.05) is 0 Å². The maximum Gasteiger partial charge on any atom is 0.416 e. The van der Waals surface area contributed by atoms with Gasteiger partial charge in [-0.15, -0.1) is 0 Å². The molecule has 0 fully saturated rings. The maximum absolute atomic E-state index is 13.0. The minimum Gasteiger partial charge on any atom is -0.479 e. The zero-order valence-electron chi connectivity index (χ0n) is 15.6. The van der Waals surface area contributed by atoms with Crippen molar-refractivity contribution in [3.63, 3.8) is 0 Å². The average molecular weight is 342 g/mol. The monoisotopic (exact) mass is 342 g/mol. The third-order valence-electron chi connectivity index (χ3n) is 3.76. The maximum atomic E-state index is 13.0. The first-order chi connectivity index (χ1) is 12.2. The van der Waals surface area contributed by atoms with Crippen LogP contribution >= 0.6 is 0 Å². The van der Waals surface area contributed by atoms with Crippen molar-refractivity contribution in [1.29, 1.82) is 0 Å². The van der Waals surface area contributed by atoms with Crippen LogP contribution in [0.3, 0.4) is 0 Å². The van der Waals surface area contributed by atoms with E-state index in [0.29, 0.717) is 11.3 Å². The number of benzene rings is 2. The fraction of sp³-hybridized carbons (Fsp3) is 0.300. The summed E-state index contributed by atoms with van der Waals surface area (Å²) in [7, 11) is 0. The number of nitrogens with zero attached hydrogens (tertiary/aromatic N) is 1. The van der Waals surface area contributed by atoms with Crippen LogP contribution in [-0.2, 0) is 15.1 Å². The van der Waals surface area contributed by atoms with Crippen LogP contribution in [0.15, 0.2) is 60.7 Å². The molecule has 0 bridgehead atoms. The summed E-state index contributed by atoms with van der Waals surface area (Å²) in [4.78, 5) is 26.4. The molecule has 1 amide bonds. The van der Waals surface area contributed by atoms with Gasteiger partial charge >= 0.3 is 12.1 Å². The zero-order chi connectivity index (χ0) is 19.4. The molecule has 0 aliphatic heterocycles. The number of aliphatic carboxylic acids is 1. The highest BCUT2D eigenvalue weighted by Gasteiger charge is 2.46. The van der Waals surface area contributed by atoms with Gasteiger partial charge in [-0.3, -0.25) is 4.90 Å². The van der Waals surface area contributed by atoms with Gasteiger partial charge in [-0.2, -0.15) is 0 Å². The molecule has 0 radical (unpaired) electrons. The highest BCUT2D eigenvalue weighted by Crippen LogP contribution is 2.35. The molecule has 1 atom stereocenters. The summed E-state index contributed by atoms with van der Waals surface area (Å²) in [5.41, 5.74) is -1.89. The fourth-order valence-corrected chi connectivity index (χ4v) is 2.52. The number of carboxylic acids is 1. The molecular formula is C20H23NO4. The molecule has 0 unspecified atom stereocenters. The first kappa shape index (κ1) is 17.0. The van der Waals surface area contributed by atoms with Crippen LogP contribution in [-0.4, -0.2) is 22.8 Å². The summed E-state index contributed by atoms with van der Waals surface area (Å²) >= 11 is 0. The number of rotatable bonds is 4. The Hall–Kier alpha value is -2.82. The normalized spacial score (nSPS) is 14.1. The van der Waals surface area contributed by atoms with Crippen molar-refractivity contribution in [2.45, 2.75) is 38.8 Å². The smallest absolute Gasteiger partial charge is 0.416 e. The van der Waals surface area contributed by atoms with Gasteiger partial charge in [0, 0.05) is 7.06 Å². The Kier molecular flexibility index (Phi) is 4.74. The second kappa shape index (κ2) is 6.97. The van der Waals surface area contributed by atoms with Gasteiger partial charge in [0.25, 0.3) is 0 Å². The van der Waals surface area contributed by atoms with E-state index in [1.54, 1.807) is 74.5 Å². The number of ether oxygens (including phenoxy) is 1. The van der Waals surface area contributed by atoms with Crippen LogP contribution < -0.4 is 4.90 Å². The first-order valence-electron chi connectivity index (χ1n) is 8.59. The van der Waals surface area contributed by atoms with Crippen molar-refractivity contribution in [2.75, 3.05) is 4.90 Å². The van der Waals surface area contributed by atoms with E-state index in [2.05, 4.69) is 0 Å². The van der Waals surface area contributed by atoms with Crippen LogP contribution in [0.4, 0.5) is 10.5 Å².